The van der Waals surface area contributed by atoms with E-state index >= 15 is 0 Å². The third kappa shape index (κ3) is 3.05. The predicted molar refractivity (Wildman–Crippen MR) is 74.7 cm³/mol. The van der Waals surface area contributed by atoms with Gasteiger partial charge in [-0.2, -0.15) is 0 Å². The summed E-state index contributed by atoms with van der Waals surface area (Å²) < 4.78 is 5.94. The number of nitrogens with zero attached hydrogens (tertiary/aromatic N) is 2. The third-order valence-electron chi connectivity index (χ3n) is 4.51. The highest BCUT2D eigenvalue weighted by Crippen LogP contribution is 2.29. The quantitative estimate of drug-likeness (QED) is 0.793. The monoisotopic (exact) mass is 255 g/mol. The van der Waals surface area contributed by atoms with Gasteiger partial charge in [-0.1, -0.05) is 6.92 Å². The van der Waals surface area contributed by atoms with E-state index in [-0.39, 0.29) is 5.54 Å². The average Bonchev–Trinajstić information content (AvgIpc) is 2.80. The van der Waals surface area contributed by atoms with Crippen molar-refractivity contribution < 1.29 is 4.74 Å². The van der Waals surface area contributed by atoms with Gasteiger partial charge in [0.25, 0.3) is 0 Å². The fourth-order valence-corrected chi connectivity index (χ4v) is 3.40. The van der Waals surface area contributed by atoms with Crippen LogP contribution in [0.2, 0.25) is 0 Å². The molecule has 18 heavy (non-hydrogen) atoms. The molecule has 2 atom stereocenters. The lowest BCUT2D eigenvalue weighted by Crippen LogP contribution is -2.59. The van der Waals surface area contributed by atoms with Gasteiger partial charge in [0.1, 0.15) is 0 Å². The van der Waals surface area contributed by atoms with Crippen LogP contribution in [0.5, 0.6) is 0 Å². The second-order valence-electron chi connectivity index (χ2n) is 6.00. The number of hydrogen-bond donors (Lipinski definition) is 1. The van der Waals surface area contributed by atoms with Crippen LogP contribution < -0.4 is 5.73 Å². The molecular formula is C14H29N3O. The molecule has 106 valence electrons. The molecule has 0 saturated carbocycles. The molecule has 0 bridgehead atoms. The summed E-state index contributed by atoms with van der Waals surface area (Å²) in [4.78, 5) is 5.02. The van der Waals surface area contributed by atoms with Crippen LogP contribution >= 0.6 is 0 Å². The molecule has 2 unspecified atom stereocenters. The fraction of sp³-hybridized carbons (Fsp3) is 1.00. The molecule has 2 heterocycles. The maximum atomic E-state index is 6.10. The number of hydrogen-bond acceptors (Lipinski definition) is 4. The van der Waals surface area contributed by atoms with E-state index in [4.69, 9.17) is 10.5 Å². The first-order chi connectivity index (χ1) is 8.70. The highest BCUT2D eigenvalue weighted by Gasteiger charge is 2.42. The minimum atomic E-state index is 0.211. The zero-order valence-electron chi connectivity index (χ0n) is 12.0. The molecule has 2 aliphatic rings. The molecule has 2 saturated heterocycles. The molecule has 2 rings (SSSR count). The van der Waals surface area contributed by atoms with Gasteiger partial charge in [0, 0.05) is 31.8 Å². The molecule has 0 spiro atoms. The van der Waals surface area contributed by atoms with Gasteiger partial charge < -0.3 is 15.4 Å². The Balaban J connectivity index is 1.94. The number of piperidine rings is 1. The standard InChI is InChI=1S/C14H29N3O/c1-3-9-18-13-5-4-7-17(10-13)14(11-15)6-8-16(2)12-14/h13H,3-12,15H2,1-2H3. The summed E-state index contributed by atoms with van der Waals surface area (Å²) in [5.74, 6) is 0. The first kappa shape index (κ1) is 14.3. The molecular weight excluding hydrogens is 226 g/mol. The highest BCUT2D eigenvalue weighted by molar-refractivity contribution is 5.00. The van der Waals surface area contributed by atoms with E-state index in [1.165, 1.54) is 32.4 Å². The normalized spacial score (nSPS) is 35.2. The molecule has 0 aliphatic carbocycles. The van der Waals surface area contributed by atoms with Crippen LogP contribution in [0, 0.1) is 0 Å². The molecule has 0 amide bonds. The van der Waals surface area contributed by atoms with Crippen molar-refractivity contribution in [2.75, 3.05) is 46.4 Å². The summed E-state index contributed by atoms with van der Waals surface area (Å²) in [5, 5.41) is 0. The molecule has 4 nitrogen and oxygen atoms in total. The molecule has 0 aromatic rings. The van der Waals surface area contributed by atoms with Crippen molar-refractivity contribution in [2.45, 2.75) is 44.2 Å². The number of likely N-dealkylation sites (tertiary alicyclic amines) is 2. The predicted octanol–water partition coefficient (Wildman–Crippen LogP) is 0.910. The average molecular weight is 255 g/mol. The second-order valence-corrected chi connectivity index (χ2v) is 6.00. The number of likely N-dealkylation sites (N-methyl/N-ethyl adjacent to an activating group) is 1. The maximum absolute atomic E-state index is 6.10. The lowest BCUT2D eigenvalue weighted by atomic mass is 9.92. The second kappa shape index (κ2) is 6.33. The van der Waals surface area contributed by atoms with Crippen LogP contribution in [0.4, 0.5) is 0 Å². The van der Waals surface area contributed by atoms with Crippen LogP contribution in [0.15, 0.2) is 0 Å². The first-order valence-electron chi connectivity index (χ1n) is 7.45. The van der Waals surface area contributed by atoms with E-state index in [9.17, 15) is 0 Å². The highest BCUT2D eigenvalue weighted by atomic mass is 16.5. The SMILES string of the molecule is CCCOC1CCCN(C2(CN)CCN(C)C2)C1. The Morgan fingerprint density at radius 1 is 1.39 bits per heavy atom. The Kier molecular flexibility index (Phi) is 5.01. The van der Waals surface area contributed by atoms with Gasteiger partial charge >= 0.3 is 0 Å². The summed E-state index contributed by atoms with van der Waals surface area (Å²) in [6, 6.07) is 0. The Morgan fingerprint density at radius 3 is 2.83 bits per heavy atom. The zero-order chi connectivity index (χ0) is 13.0. The van der Waals surface area contributed by atoms with Gasteiger partial charge in [-0.15, -0.1) is 0 Å². The Morgan fingerprint density at radius 2 is 2.22 bits per heavy atom. The summed E-state index contributed by atoms with van der Waals surface area (Å²) >= 11 is 0. The van der Waals surface area contributed by atoms with Gasteiger partial charge in [-0.25, -0.2) is 0 Å². The largest absolute Gasteiger partial charge is 0.377 e. The Labute approximate surface area is 111 Å². The van der Waals surface area contributed by atoms with Crippen molar-refractivity contribution in [2.24, 2.45) is 5.73 Å². The van der Waals surface area contributed by atoms with Crippen LogP contribution in [0.25, 0.3) is 0 Å². The van der Waals surface area contributed by atoms with Gasteiger partial charge in [-0.3, -0.25) is 4.90 Å². The van der Waals surface area contributed by atoms with Gasteiger partial charge in [0.05, 0.1) is 6.10 Å². The van der Waals surface area contributed by atoms with Gasteiger partial charge in [-0.05, 0) is 45.8 Å². The number of rotatable bonds is 5. The topological polar surface area (TPSA) is 41.7 Å². The van der Waals surface area contributed by atoms with E-state index < -0.39 is 0 Å². The van der Waals surface area contributed by atoms with E-state index in [0.717, 1.165) is 32.7 Å². The molecule has 2 N–H and O–H groups in total. The van der Waals surface area contributed by atoms with Crippen molar-refractivity contribution in [3.05, 3.63) is 0 Å². The van der Waals surface area contributed by atoms with Crippen LogP contribution in [-0.4, -0.2) is 67.8 Å². The van der Waals surface area contributed by atoms with Crippen LogP contribution in [-0.2, 0) is 4.74 Å². The first-order valence-corrected chi connectivity index (χ1v) is 7.45. The van der Waals surface area contributed by atoms with Crippen molar-refractivity contribution in [3.8, 4) is 0 Å². The molecule has 0 radical (unpaired) electrons. The maximum Gasteiger partial charge on any atom is 0.0702 e. The van der Waals surface area contributed by atoms with Crippen LogP contribution in [0.3, 0.4) is 0 Å². The van der Waals surface area contributed by atoms with Gasteiger partial charge in [0.2, 0.25) is 0 Å². The molecule has 0 aromatic carbocycles. The summed E-state index contributed by atoms with van der Waals surface area (Å²) in [6.07, 6.45) is 5.21. The minimum absolute atomic E-state index is 0.211. The number of ether oxygens (including phenoxy) is 1. The summed E-state index contributed by atoms with van der Waals surface area (Å²) in [7, 11) is 2.20. The lowest BCUT2D eigenvalue weighted by molar-refractivity contribution is -0.0335. The minimum Gasteiger partial charge on any atom is -0.377 e. The molecule has 2 aliphatic heterocycles. The van der Waals surface area contributed by atoms with Gasteiger partial charge in [0.15, 0.2) is 0 Å². The summed E-state index contributed by atoms with van der Waals surface area (Å²) in [5.41, 5.74) is 6.31. The number of nitrogens with two attached hydrogens (primary N) is 1. The van der Waals surface area contributed by atoms with E-state index in [0.29, 0.717) is 6.10 Å². The smallest absolute Gasteiger partial charge is 0.0702 e. The Hall–Kier alpha value is -0.160. The lowest BCUT2D eigenvalue weighted by Gasteiger charge is -2.45. The van der Waals surface area contributed by atoms with Crippen molar-refractivity contribution in [3.63, 3.8) is 0 Å². The molecule has 0 aromatic heterocycles. The van der Waals surface area contributed by atoms with E-state index in [1.807, 2.05) is 0 Å². The van der Waals surface area contributed by atoms with Crippen molar-refractivity contribution >= 4 is 0 Å². The van der Waals surface area contributed by atoms with Crippen molar-refractivity contribution in [1.29, 1.82) is 0 Å². The Bertz CT molecular complexity index is 261. The molecule has 4 heteroatoms. The van der Waals surface area contributed by atoms with E-state index in [2.05, 4.69) is 23.8 Å². The fourth-order valence-electron chi connectivity index (χ4n) is 3.40. The third-order valence-corrected chi connectivity index (χ3v) is 4.51. The summed E-state index contributed by atoms with van der Waals surface area (Å²) in [6.45, 7) is 8.40. The van der Waals surface area contributed by atoms with Crippen LogP contribution in [0.1, 0.15) is 32.6 Å². The zero-order valence-corrected chi connectivity index (χ0v) is 12.0. The molecule has 2 fully saturated rings. The van der Waals surface area contributed by atoms with Crippen molar-refractivity contribution in [1.82, 2.24) is 9.80 Å². The van der Waals surface area contributed by atoms with E-state index in [1.54, 1.807) is 0 Å².